The molecule has 0 spiro atoms. The minimum Gasteiger partial charge on any atom is -0.485 e. The zero-order valence-electron chi connectivity index (χ0n) is 13.5. The molecule has 3 heterocycles. The zero-order valence-corrected chi connectivity index (χ0v) is 15.1. The molecule has 2 aromatic carbocycles. The predicted molar refractivity (Wildman–Crippen MR) is 98.2 cm³/mol. The van der Waals surface area contributed by atoms with Crippen LogP contribution in [-0.4, -0.2) is 26.4 Å². The first kappa shape index (κ1) is 15.6. The summed E-state index contributed by atoms with van der Waals surface area (Å²) in [5, 5.41) is 14.8. The van der Waals surface area contributed by atoms with Crippen molar-refractivity contribution >= 4 is 27.9 Å². The van der Waals surface area contributed by atoms with Gasteiger partial charge in [-0.2, -0.15) is 9.61 Å². The molecular weight excluding hydrogens is 372 g/mol. The molecule has 6 nitrogen and oxygen atoms in total. The van der Waals surface area contributed by atoms with E-state index in [1.165, 1.54) is 11.3 Å². The summed E-state index contributed by atoms with van der Waals surface area (Å²) < 4.78 is 13.6. The number of benzene rings is 2. The highest BCUT2D eigenvalue weighted by Gasteiger charge is 2.28. The maximum absolute atomic E-state index is 6.03. The van der Waals surface area contributed by atoms with Crippen LogP contribution in [0.5, 0.6) is 11.5 Å². The van der Waals surface area contributed by atoms with E-state index in [0.717, 1.165) is 32.7 Å². The molecule has 0 saturated carbocycles. The van der Waals surface area contributed by atoms with Crippen molar-refractivity contribution in [3.63, 3.8) is 0 Å². The van der Waals surface area contributed by atoms with Gasteiger partial charge in [0.2, 0.25) is 4.96 Å². The third-order valence-electron chi connectivity index (χ3n) is 4.12. The van der Waals surface area contributed by atoms with Crippen molar-refractivity contribution in [2.24, 2.45) is 0 Å². The molecular formula is C18H13ClN4O2S. The van der Waals surface area contributed by atoms with Gasteiger partial charge in [0, 0.05) is 11.4 Å². The van der Waals surface area contributed by atoms with Gasteiger partial charge < -0.3 is 9.47 Å². The second-order valence-electron chi connectivity index (χ2n) is 5.92. The van der Waals surface area contributed by atoms with Gasteiger partial charge in [-0.3, -0.25) is 0 Å². The highest BCUT2D eigenvalue weighted by atomic mass is 35.5. The number of fused-ring (bicyclic) bond motifs is 2. The third kappa shape index (κ3) is 2.79. The summed E-state index contributed by atoms with van der Waals surface area (Å²) in [5.74, 6) is 2.09. The monoisotopic (exact) mass is 384 g/mol. The maximum atomic E-state index is 6.03. The van der Waals surface area contributed by atoms with Crippen LogP contribution in [0.3, 0.4) is 0 Å². The Bertz CT molecular complexity index is 1080. The Balaban J connectivity index is 1.43. The van der Waals surface area contributed by atoms with E-state index in [9.17, 15) is 0 Å². The van der Waals surface area contributed by atoms with Gasteiger partial charge in [-0.25, -0.2) is 0 Å². The van der Waals surface area contributed by atoms with Crippen molar-refractivity contribution in [3.05, 3.63) is 69.9 Å². The van der Waals surface area contributed by atoms with E-state index in [-0.39, 0.29) is 6.10 Å². The van der Waals surface area contributed by atoms with E-state index >= 15 is 0 Å². The Labute approximate surface area is 158 Å². The number of aromatic nitrogens is 4. The number of halogens is 1. The Hall–Kier alpha value is -2.64. The standard InChI is InChI=1S/C18H13ClN4O2S/c19-12-7-5-11(6-8-12)9-16-22-23-17(20-21-18(23)26-16)15-10-24-13-3-1-2-4-14(13)25-15/h1-8,15H,9-10H2/t15-/m0/s1. The highest BCUT2D eigenvalue weighted by molar-refractivity contribution is 7.16. The Morgan fingerprint density at radius 2 is 1.88 bits per heavy atom. The Kier molecular flexibility index (Phi) is 3.76. The molecule has 4 aromatic rings. The molecule has 0 saturated heterocycles. The number of nitrogens with zero attached hydrogens (tertiary/aromatic N) is 4. The molecule has 0 amide bonds. The van der Waals surface area contributed by atoms with Crippen LogP contribution < -0.4 is 9.47 Å². The van der Waals surface area contributed by atoms with Crippen LogP contribution in [-0.2, 0) is 6.42 Å². The molecule has 130 valence electrons. The molecule has 1 aliphatic heterocycles. The number of rotatable bonds is 3. The van der Waals surface area contributed by atoms with Crippen LogP contribution in [0.25, 0.3) is 4.96 Å². The predicted octanol–water partition coefficient (Wildman–Crippen LogP) is 3.94. The first-order valence-electron chi connectivity index (χ1n) is 8.10. The molecule has 0 aliphatic carbocycles. The lowest BCUT2D eigenvalue weighted by atomic mass is 10.2. The number of hydrogen-bond acceptors (Lipinski definition) is 6. The lowest BCUT2D eigenvalue weighted by Crippen LogP contribution is -2.23. The fourth-order valence-electron chi connectivity index (χ4n) is 2.87. The summed E-state index contributed by atoms with van der Waals surface area (Å²) in [5.41, 5.74) is 1.15. The van der Waals surface area contributed by atoms with Gasteiger partial charge in [-0.15, -0.1) is 10.2 Å². The van der Waals surface area contributed by atoms with Gasteiger partial charge in [-0.05, 0) is 29.8 Å². The summed E-state index contributed by atoms with van der Waals surface area (Å²) in [6.07, 6.45) is 0.376. The van der Waals surface area contributed by atoms with Gasteiger partial charge in [0.1, 0.15) is 11.6 Å². The van der Waals surface area contributed by atoms with Gasteiger partial charge in [0.05, 0.1) is 0 Å². The molecule has 1 atom stereocenters. The van der Waals surface area contributed by atoms with Gasteiger partial charge in [-0.1, -0.05) is 47.2 Å². The molecule has 1 aliphatic rings. The lowest BCUT2D eigenvalue weighted by Gasteiger charge is -2.24. The lowest BCUT2D eigenvalue weighted by molar-refractivity contribution is 0.0836. The van der Waals surface area contributed by atoms with Crippen LogP contribution in [0.2, 0.25) is 5.02 Å². The topological polar surface area (TPSA) is 61.5 Å². The van der Waals surface area contributed by atoms with Crippen molar-refractivity contribution < 1.29 is 9.47 Å². The van der Waals surface area contributed by atoms with E-state index in [1.807, 2.05) is 48.5 Å². The summed E-state index contributed by atoms with van der Waals surface area (Å²) in [6, 6.07) is 15.4. The smallest absolute Gasteiger partial charge is 0.234 e. The Morgan fingerprint density at radius 3 is 2.73 bits per heavy atom. The molecule has 2 aromatic heterocycles. The Morgan fingerprint density at radius 1 is 1.08 bits per heavy atom. The minimum absolute atomic E-state index is 0.342. The van der Waals surface area contributed by atoms with Crippen molar-refractivity contribution in [3.8, 4) is 11.5 Å². The fraction of sp³-hybridized carbons (Fsp3) is 0.167. The van der Waals surface area contributed by atoms with Crippen molar-refractivity contribution in [1.29, 1.82) is 0 Å². The molecule has 8 heteroatoms. The number of para-hydroxylation sites is 2. The largest absolute Gasteiger partial charge is 0.485 e. The first-order valence-corrected chi connectivity index (χ1v) is 9.30. The van der Waals surface area contributed by atoms with E-state index in [0.29, 0.717) is 18.2 Å². The summed E-state index contributed by atoms with van der Waals surface area (Å²) in [7, 11) is 0. The normalized spacial score (nSPS) is 16.1. The molecule has 26 heavy (non-hydrogen) atoms. The third-order valence-corrected chi connectivity index (χ3v) is 5.27. The van der Waals surface area contributed by atoms with Gasteiger partial charge >= 0.3 is 0 Å². The van der Waals surface area contributed by atoms with E-state index in [4.69, 9.17) is 21.1 Å². The maximum Gasteiger partial charge on any atom is 0.234 e. The molecule has 0 radical (unpaired) electrons. The van der Waals surface area contributed by atoms with Crippen LogP contribution >= 0.6 is 22.9 Å². The van der Waals surface area contributed by atoms with Crippen LogP contribution in [0.15, 0.2) is 48.5 Å². The van der Waals surface area contributed by atoms with E-state index in [2.05, 4.69) is 15.3 Å². The molecule has 0 bridgehead atoms. The second kappa shape index (κ2) is 6.26. The zero-order chi connectivity index (χ0) is 17.5. The number of ether oxygens (including phenoxy) is 2. The average Bonchev–Trinajstić information content (AvgIpc) is 3.23. The average molecular weight is 385 g/mol. The fourth-order valence-corrected chi connectivity index (χ4v) is 3.87. The van der Waals surface area contributed by atoms with Crippen LogP contribution in [0, 0.1) is 0 Å². The van der Waals surface area contributed by atoms with Crippen molar-refractivity contribution in [2.45, 2.75) is 12.5 Å². The molecule has 0 N–H and O–H groups in total. The second-order valence-corrected chi connectivity index (χ2v) is 7.39. The minimum atomic E-state index is -0.342. The number of hydrogen-bond donors (Lipinski definition) is 0. The van der Waals surface area contributed by atoms with E-state index in [1.54, 1.807) is 4.52 Å². The summed E-state index contributed by atoms with van der Waals surface area (Å²) in [4.78, 5) is 0.742. The van der Waals surface area contributed by atoms with Gasteiger partial charge in [0.25, 0.3) is 0 Å². The van der Waals surface area contributed by atoms with Gasteiger partial charge in [0.15, 0.2) is 23.4 Å². The van der Waals surface area contributed by atoms with Crippen LogP contribution in [0.4, 0.5) is 0 Å². The SMILES string of the molecule is Clc1ccc(Cc2nn3c([C@@H]4COc5ccccc5O4)nnc3s2)cc1. The summed E-state index contributed by atoms with van der Waals surface area (Å²) >= 11 is 7.46. The first-order chi connectivity index (χ1) is 12.8. The van der Waals surface area contributed by atoms with Crippen molar-refractivity contribution in [1.82, 2.24) is 19.8 Å². The molecule has 0 fully saturated rings. The van der Waals surface area contributed by atoms with Crippen molar-refractivity contribution in [2.75, 3.05) is 6.61 Å². The van der Waals surface area contributed by atoms with E-state index < -0.39 is 0 Å². The quantitative estimate of drug-likeness (QED) is 0.535. The molecule has 0 unspecified atom stereocenters. The summed E-state index contributed by atoms with van der Waals surface area (Å²) in [6.45, 7) is 0.377. The molecule has 5 rings (SSSR count). The highest BCUT2D eigenvalue weighted by Crippen LogP contribution is 2.35. The van der Waals surface area contributed by atoms with Crippen LogP contribution in [0.1, 0.15) is 22.5 Å².